The molecule has 0 atom stereocenters. The van der Waals surface area contributed by atoms with Gasteiger partial charge in [0.2, 0.25) is 0 Å². The fourth-order valence-electron chi connectivity index (χ4n) is 1.70. The maximum atomic E-state index is 12.5. The molecule has 0 amide bonds. The van der Waals surface area contributed by atoms with E-state index in [4.69, 9.17) is 4.74 Å². The zero-order valence-corrected chi connectivity index (χ0v) is 14.8. The van der Waals surface area contributed by atoms with Crippen LogP contribution in [0, 0.1) is 0 Å². The van der Waals surface area contributed by atoms with Gasteiger partial charge in [0.05, 0.1) is 6.61 Å². The summed E-state index contributed by atoms with van der Waals surface area (Å²) in [4.78, 5) is 0. The van der Waals surface area contributed by atoms with E-state index in [1.54, 1.807) is 6.07 Å². The van der Waals surface area contributed by atoms with Crippen LogP contribution in [0.25, 0.3) is 0 Å². The Morgan fingerprint density at radius 1 is 1.05 bits per heavy atom. The van der Waals surface area contributed by atoms with Crippen molar-refractivity contribution in [3.05, 3.63) is 24.3 Å². The zero-order chi connectivity index (χ0) is 13.4. The Bertz CT molecular complexity index is 358. The standard InChI is InChI=1S/C13H19BF3O.K/c1-2-3-4-5-6-10-18-13-9-7-8-12(11-13)14(15,16)17;/h7-9,11H,2-6,10H2,1H3;/q-1;+1. The van der Waals surface area contributed by atoms with Crippen molar-refractivity contribution in [3.63, 3.8) is 0 Å². The van der Waals surface area contributed by atoms with Crippen molar-refractivity contribution in [2.24, 2.45) is 0 Å². The maximum Gasteiger partial charge on any atom is 1.00 e. The van der Waals surface area contributed by atoms with E-state index in [1.165, 1.54) is 18.9 Å². The first kappa shape index (κ1) is 19.5. The molecule has 0 N–H and O–H groups in total. The van der Waals surface area contributed by atoms with Crippen molar-refractivity contribution >= 4 is 12.4 Å². The molecule has 0 aromatic heterocycles. The van der Waals surface area contributed by atoms with Crippen LogP contribution in [-0.2, 0) is 0 Å². The number of unbranched alkanes of at least 4 members (excludes halogenated alkanes) is 4. The van der Waals surface area contributed by atoms with Gasteiger partial charge in [-0.05, 0) is 18.6 Å². The van der Waals surface area contributed by atoms with Crippen LogP contribution in [0.3, 0.4) is 0 Å². The molecule has 0 bridgehead atoms. The van der Waals surface area contributed by atoms with E-state index in [9.17, 15) is 12.9 Å². The van der Waals surface area contributed by atoms with Crippen molar-refractivity contribution in [3.8, 4) is 5.75 Å². The number of halogens is 3. The number of hydrogen-bond donors (Lipinski definition) is 0. The molecule has 1 aromatic rings. The Labute approximate surface area is 155 Å². The summed E-state index contributed by atoms with van der Waals surface area (Å²) in [6.45, 7) is -2.31. The minimum Gasteiger partial charge on any atom is -0.494 e. The second-order valence-electron chi connectivity index (χ2n) is 4.41. The van der Waals surface area contributed by atoms with Gasteiger partial charge in [0, 0.05) is 0 Å². The summed E-state index contributed by atoms with van der Waals surface area (Å²) in [6, 6.07) is 5.11. The third kappa shape index (κ3) is 8.40. The second kappa shape index (κ2) is 10.3. The molecule has 1 aromatic carbocycles. The Hall–Kier alpha value is 0.511. The topological polar surface area (TPSA) is 9.23 Å². The summed E-state index contributed by atoms with van der Waals surface area (Å²) in [5.41, 5.74) is -0.599. The minimum atomic E-state index is -4.94. The van der Waals surface area contributed by atoms with Crippen molar-refractivity contribution in [1.29, 1.82) is 0 Å². The van der Waals surface area contributed by atoms with Gasteiger partial charge in [-0.1, -0.05) is 44.7 Å². The molecule has 0 heterocycles. The van der Waals surface area contributed by atoms with E-state index in [0.29, 0.717) is 12.4 Å². The quantitative estimate of drug-likeness (QED) is 0.516. The van der Waals surface area contributed by atoms with Crippen LogP contribution in [0.1, 0.15) is 39.0 Å². The first-order valence-corrected chi connectivity index (χ1v) is 6.46. The molecule has 0 aliphatic rings. The molecule has 0 aliphatic heterocycles. The SMILES string of the molecule is CCCCCCCOc1cccc([B-](F)(F)F)c1.[K+]. The van der Waals surface area contributed by atoms with Gasteiger partial charge < -0.3 is 17.7 Å². The van der Waals surface area contributed by atoms with Crippen LogP contribution in [0.2, 0.25) is 0 Å². The van der Waals surface area contributed by atoms with Crippen molar-refractivity contribution in [1.82, 2.24) is 0 Å². The normalized spacial score (nSPS) is 10.9. The molecular weight excluding hydrogens is 279 g/mol. The van der Waals surface area contributed by atoms with Gasteiger partial charge in [-0.2, -0.15) is 0 Å². The van der Waals surface area contributed by atoms with E-state index in [0.717, 1.165) is 31.4 Å². The summed E-state index contributed by atoms with van der Waals surface area (Å²) >= 11 is 0. The number of ether oxygens (including phenoxy) is 1. The first-order chi connectivity index (χ1) is 8.54. The molecule has 0 unspecified atom stereocenters. The van der Waals surface area contributed by atoms with Crippen LogP contribution >= 0.6 is 0 Å². The molecule has 1 nitrogen and oxygen atoms in total. The monoisotopic (exact) mass is 298 g/mol. The van der Waals surface area contributed by atoms with E-state index >= 15 is 0 Å². The maximum absolute atomic E-state index is 12.5. The fraction of sp³-hybridized carbons (Fsp3) is 0.538. The van der Waals surface area contributed by atoms with Crippen molar-refractivity contribution in [2.45, 2.75) is 39.0 Å². The van der Waals surface area contributed by atoms with E-state index in [2.05, 4.69) is 6.92 Å². The van der Waals surface area contributed by atoms with Crippen molar-refractivity contribution in [2.75, 3.05) is 6.61 Å². The van der Waals surface area contributed by atoms with Crippen LogP contribution < -0.4 is 61.6 Å². The van der Waals surface area contributed by atoms with Crippen LogP contribution in [0.5, 0.6) is 5.75 Å². The Morgan fingerprint density at radius 2 is 1.74 bits per heavy atom. The van der Waals surface area contributed by atoms with Gasteiger partial charge in [-0.25, -0.2) is 0 Å². The molecule has 0 saturated heterocycles. The molecule has 0 saturated carbocycles. The molecule has 0 aliphatic carbocycles. The number of hydrogen-bond acceptors (Lipinski definition) is 1. The zero-order valence-electron chi connectivity index (χ0n) is 11.7. The van der Waals surface area contributed by atoms with Gasteiger partial charge in [-0.3, -0.25) is 0 Å². The number of benzene rings is 1. The van der Waals surface area contributed by atoms with E-state index in [1.807, 2.05) is 0 Å². The second-order valence-corrected chi connectivity index (χ2v) is 4.41. The summed E-state index contributed by atoms with van der Waals surface area (Å²) in [5.74, 6) is 0.308. The average molecular weight is 298 g/mol. The van der Waals surface area contributed by atoms with Crippen molar-refractivity contribution < 1.29 is 69.1 Å². The van der Waals surface area contributed by atoms with Gasteiger partial charge in [0.1, 0.15) is 5.75 Å². The van der Waals surface area contributed by atoms with Gasteiger partial charge in [0.25, 0.3) is 0 Å². The Kier molecular flexibility index (Phi) is 10.5. The minimum absolute atomic E-state index is 0. The molecular formula is C13H19BF3KO. The summed E-state index contributed by atoms with van der Waals surface area (Å²) in [7, 11) is 0. The van der Waals surface area contributed by atoms with Gasteiger partial charge in [0.15, 0.2) is 0 Å². The Balaban J connectivity index is 0.00000324. The van der Waals surface area contributed by atoms with Crippen LogP contribution in [0.4, 0.5) is 12.9 Å². The average Bonchev–Trinajstić information content (AvgIpc) is 2.33. The largest absolute Gasteiger partial charge is 1.00 e. The molecule has 0 fully saturated rings. The predicted molar refractivity (Wildman–Crippen MR) is 69.4 cm³/mol. The summed E-state index contributed by atoms with van der Waals surface area (Å²) < 4.78 is 42.8. The molecule has 6 heteroatoms. The summed E-state index contributed by atoms with van der Waals surface area (Å²) in [5, 5.41) is 0. The third-order valence-electron chi connectivity index (χ3n) is 2.75. The third-order valence-corrected chi connectivity index (χ3v) is 2.75. The number of rotatable bonds is 8. The molecule has 0 spiro atoms. The fourth-order valence-corrected chi connectivity index (χ4v) is 1.70. The summed E-state index contributed by atoms with van der Waals surface area (Å²) in [6.07, 6.45) is 5.49. The van der Waals surface area contributed by atoms with Gasteiger partial charge in [-0.15, -0.1) is 5.46 Å². The van der Waals surface area contributed by atoms with E-state index < -0.39 is 12.4 Å². The van der Waals surface area contributed by atoms with Gasteiger partial charge >= 0.3 is 58.4 Å². The Morgan fingerprint density at radius 3 is 2.37 bits per heavy atom. The molecule has 102 valence electrons. The molecule has 0 radical (unpaired) electrons. The molecule has 1 rings (SSSR count). The first-order valence-electron chi connectivity index (χ1n) is 6.46. The van der Waals surface area contributed by atoms with E-state index in [-0.39, 0.29) is 51.4 Å². The van der Waals surface area contributed by atoms with Crippen LogP contribution in [0.15, 0.2) is 24.3 Å². The molecule has 19 heavy (non-hydrogen) atoms. The smallest absolute Gasteiger partial charge is 0.494 e. The predicted octanol–water partition coefficient (Wildman–Crippen LogP) is 1.09. The van der Waals surface area contributed by atoms with Crippen LogP contribution in [-0.4, -0.2) is 13.6 Å².